The number of halogens is 3. The minimum absolute atomic E-state index is 0.0421. The summed E-state index contributed by atoms with van der Waals surface area (Å²) in [6.07, 6.45) is -3.88. The van der Waals surface area contributed by atoms with E-state index in [2.05, 4.69) is 15.4 Å². The number of aromatic nitrogens is 3. The SMILES string of the molecule is CCn1ncc([N+](=O)[O-])c1C(=O)Nc1c(C(N)=O)sc2nc(C(F)(F)F)cc(-c3ccccc3)c12. The van der Waals surface area contributed by atoms with E-state index in [1.807, 2.05) is 0 Å². The Morgan fingerprint density at radius 3 is 2.51 bits per heavy atom. The second-order valence-corrected chi connectivity index (χ2v) is 8.17. The minimum Gasteiger partial charge on any atom is -0.365 e. The molecular formula is C21H15F3N6O4S. The predicted molar refractivity (Wildman–Crippen MR) is 121 cm³/mol. The van der Waals surface area contributed by atoms with E-state index in [0.29, 0.717) is 16.9 Å². The van der Waals surface area contributed by atoms with Crippen LogP contribution in [0.5, 0.6) is 0 Å². The standard InChI is InChI=1S/C21H15F3N6O4S/c1-2-29-16(12(9-26-29)30(33)34)19(32)28-15-14-11(10-6-4-3-5-7-10)8-13(21(22,23)24)27-20(14)35-17(15)18(25)31/h3-9H,2H2,1H3,(H2,25,31)(H,28,32). The molecule has 0 aliphatic carbocycles. The van der Waals surface area contributed by atoms with Gasteiger partial charge < -0.3 is 11.1 Å². The number of pyridine rings is 1. The van der Waals surface area contributed by atoms with Gasteiger partial charge in [0.25, 0.3) is 11.8 Å². The molecule has 3 heterocycles. The van der Waals surface area contributed by atoms with E-state index in [4.69, 9.17) is 5.73 Å². The number of nitrogens with one attached hydrogen (secondary N) is 1. The summed E-state index contributed by atoms with van der Waals surface area (Å²) in [4.78, 5) is 39.1. The zero-order valence-corrected chi connectivity index (χ0v) is 18.6. The van der Waals surface area contributed by atoms with Crippen LogP contribution in [0.4, 0.5) is 24.5 Å². The number of nitrogens with zero attached hydrogens (tertiary/aromatic N) is 4. The van der Waals surface area contributed by atoms with Crippen LogP contribution in [-0.4, -0.2) is 31.5 Å². The van der Waals surface area contributed by atoms with Crippen molar-refractivity contribution in [2.75, 3.05) is 5.32 Å². The van der Waals surface area contributed by atoms with Crippen molar-refractivity contribution in [1.29, 1.82) is 0 Å². The van der Waals surface area contributed by atoms with E-state index in [1.54, 1.807) is 37.3 Å². The number of benzene rings is 1. The van der Waals surface area contributed by atoms with Crippen LogP contribution in [0.1, 0.15) is 32.8 Å². The Kier molecular flexibility index (Phi) is 5.98. The van der Waals surface area contributed by atoms with E-state index in [0.717, 1.165) is 16.9 Å². The predicted octanol–water partition coefficient (Wildman–Crippen LogP) is 4.46. The lowest BCUT2D eigenvalue weighted by Gasteiger charge is -2.12. The number of nitrogens with two attached hydrogens (primary N) is 1. The molecule has 4 aromatic rings. The van der Waals surface area contributed by atoms with E-state index >= 15 is 0 Å². The van der Waals surface area contributed by atoms with Gasteiger partial charge in [0.1, 0.15) is 21.6 Å². The van der Waals surface area contributed by atoms with Gasteiger partial charge in [0.05, 0.1) is 10.6 Å². The number of hydrogen-bond acceptors (Lipinski definition) is 7. The monoisotopic (exact) mass is 504 g/mol. The van der Waals surface area contributed by atoms with E-state index in [1.165, 1.54) is 0 Å². The first-order chi connectivity index (χ1) is 16.5. The number of hydrogen-bond donors (Lipinski definition) is 2. The molecule has 1 aromatic carbocycles. The van der Waals surface area contributed by atoms with Crippen molar-refractivity contribution in [1.82, 2.24) is 14.8 Å². The highest BCUT2D eigenvalue weighted by Crippen LogP contribution is 2.43. The first-order valence-corrected chi connectivity index (χ1v) is 10.8. The summed E-state index contributed by atoms with van der Waals surface area (Å²) in [5, 5.41) is 17.7. The third kappa shape index (κ3) is 4.30. The van der Waals surface area contributed by atoms with Gasteiger partial charge in [0.2, 0.25) is 5.69 Å². The quantitative estimate of drug-likeness (QED) is 0.293. The number of rotatable bonds is 6. The van der Waals surface area contributed by atoms with Crippen molar-refractivity contribution in [2.24, 2.45) is 5.73 Å². The van der Waals surface area contributed by atoms with Gasteiger partial charge in [0.15, 0.2) is 0 Å². The van der Waals surface area contributed by atoms with E-state index in [9.17, 15) is 32.9 Å². The second-order valence-electron chi connectivity index (χ2n) is 7.17. The van der Waals surface area contributed by atoms with Crippen molar-refractivity contribution < 1.29 is 27.7 Å². The lowest BCUT2D eigenvalue weighted by molar-refractivity contribution is -0.385. The Morgan fingerprint density at radius 1 is 1.26 bits per heavy atom. The fourth-order valence-corrected chi connectivity index (χ4v) is 4.54. The summed E-state index contributed by atoms with van der Waals surface area (Å²) < 4.78 is 41.8. The molecule has 0 saturated carbocycles. The highest BCUT2D eigenvalue weighted by Gasteiger charge is 2.35. The molecule has 0 fully saturated rings. The van der Waals surface area contributed by atoms with Gasteiger partial charge in [-0.15, -0.1) is 11.3 Å². The Bertz CT molecular complexity index is 1480. The average Bonchev–Trinajstić information content (AvgIpc) is 3.40. The Balaban J connectivity index is 1.99. The van der Waals surface area contributed by atoms with Crippen LogP contribution in [0.2, 0.25) is 0 Å². The molecular weight excluding hydrogens is 489 g/mol. The Morgan fingerprint density at radius 2 is 1.94 bits per heavy atom. The molecule has 3 aromatic heterocycles. The van der Waals surface area contributed by atoms with Crippen LogP contribution >= 0.6 is 11.3 Å². The third-order valence-electron chi connectivity index (χ3n) is 5.03. The summed E-state index contributed by atoms with van der Waals surface area (Å²) in [7, 11) is 0. The van der Waals surface area contributed by atoms with Crippen molar-refractivity contribution in [3.8, 4) is 11.1 Å². The smallest absolute Gasteiger partial charge is 0.365 e. The molecule has 10 nitrogen and oxygen atoms in total. The molecule has 35 heavy (non-hydrogen) atoms. The topological polar surface area (TPSA) is 146 Å². The first-order valence-electron chi connectivity index (χ1n) is 9.94. The van der Waals surface area contributed by atoms with Gasteiger partial charge in [-0.1, -0.05) is 30.3 Å². The van der Waals surface area contributed by atoms with Crippen LogP contribution in [0.15, 0.2) is 42.6 Å². The number of carbonyl (C=O) groups excluding carboxylic acids is 2. The van der Waals surface area contributed by atoms with Gasteiger partial charge in [-0.05, 0) is 24.1 Å². The summed E-state index contributed by atoms with van der Waals surface area (Å²) in [6, 6.07) is 8.81. The van der Waals surface area contributed by atoms with Gasteiger partial charge in [0, 0.05) is 11.9 Å². The number of carbonyl (C=O) groups is 2. The number of aryl methyl sites for hydroxylation is 1. The highest BCUT2D eigenvalue weighted by molar-refractivity contribution is 7.21. The van der Waals surface area contributed by atoms with Crippen molar-refractivity contribution >= 4 is 44.7 Å². The largest absolute Gasteiger partial charge is 0.433 e. The van der Waals surface area contributed by atoms with Crippen LogP contribution in [0.25, 0.3) is 21.3 Å². The summed E-state index contributed by atoms with van der Waals surface area (Å²) in [5.41, 5.74) is 3.50. The van der Waals surface area contributed by atoms with Gasteiger partial charge in [-0.2, -0.15) is 18.3 Å². The molecule has 0 radical (unpaired) electrons. The fraction of sp³-hybridized carbons (Fsp3) is 0.143. The molecule has 180 valence electrons. The second kappa shape index (κ2) is 8.79. The Labute approximate surface area is 198 Å². The molecule has 0 aliphatic rings. The maximum absolute atomic E-state index is 13.6. The number of anilines is 1. The van der Waals surface area contributed by atoms with Crippen LogP contribution < -0.4 is 11.1 Å². The molecule has 14 heteroatoms. The summed E-state index contributed by atoms with van der Waals surface area (Å²) in [5.74, 6) is -2.01. The average molecular weight is 504 g/mol. The molecule has 0 aliphatic heterocycles. The van der Waals surface area contributed by atoms with Gasteiger partial charge in [-0.3, -0.25) is 24.4 Å². The van der Waals surface area contributed by atoms with Crippen LogP contribution in [0, 0.1) is 10.1 Å². The number of fused-ring (bicyclic) bond motifs is 1. The molecule has 0 atom stereocenters. The molecule has 0 unspecified atom stereocenters. The van der Waals surface area contributed by atoms with E-state index in [-0.39, 0.29) is 32.9 Å². The number of thiophene rings is 1. The Hall–Kier alpha value is -4.33. The molecule has 2 amide bonds. The summed E-state index contributed by atoms with van der Waals surface area (Å²) >= 11 is 0.574. The normalized spacial score (nSPS) is 11.5. The lowest BCUT2D eigenvalue weighted by Crippen LogP contribution is -2.21. The van der Waals surface area contributed by atoms with Crippen molar-refractivity contribution in [3.63, 3.8) is 0 Å². The molecule has 0 spiro atoms. The number of alkyl halides is 3. The lowest BCUT2D eigenvalue weighted by atomic mass is 10.0. The number of amides is 2. The van der Waals surface area contributed by atoms with Gasteiger partial charge >= 0.3 is 11.9 Å². The zero-order chi connectivity index (χ0) is 25.5. The minimum atomic E-state index is -4.79. The van der Waals surface area contributed by atoms with Crippen molar-refractivity contribution in [3.05, 3.63) is 69.0 Å². The fourth-order valence-electron chi connectivity index (χ4n) is 3.54. The maximum Gasteiger partial charge on any atom is 0.433 e. The highest BCUT2D eigenvalue weighted by atomic mass is 32.1. The molecule has 0 saturated heterocycles. The summed E-state index contributed by atoms with van der Waals surface area (Å²) in [6.45, 7) is 1.73. The number of primary amides is 1. The van der Waals surface area contributed by atoms with Crippen LogP contribution in [0.3, 0.4) is 0 Å². The van der Waals surface area contributed by atoms with Gasteiger partial charge in [-0.25, -0.2) is 4.98 Å². The van der Waals surface area contributed by atoms with E-state index < -0.39 is 40.0 Å². The number of nitro groups is 1. The van der Waals surface area contributed by atoms with Crippen molar-refractivity contribution in [2.45, 2.75) is 19.6 Å². The molecule has 4 rings (SSSR count). The molecule has 3 N–H and O–H groups in total. The first kappa shape index (κ1) is 23.8. The third-order valence-corrected chi connectivity index (χ3v) is 6.13. The van der Waals surface area contributed by atoms with Crippen LogP contribution in [-0.2, 0) is 12.7 Å². The zero-order valence-electron chi connectivity index (χ0n) is 17.8. The maximum atomic E-state index is 13.6. The molecule has 0 bridgehead atoms.